The van der Waals surface area contributed by atoms with Crippen molar-refractivity contribution in [1.29, 1.82) is 0 Å². The summed E-state index contributed by atoms with van der Waals surface area (Å²) in [6.07, 6.45) is -0.395. The van der Waals surface area contributed by atoms with Crippen molar-refractivity contribution in [2.45, 2.75) is 18.4 Å². The molecule has 2 aliphatic rings. The smallest absolute Gasteiger partial charge is 0.262 e. The van der Waals surface area contributed by atoms with Gasteiger partial charge in [-0.25, -0.2) is 8.78 Å². The van der Waals surface area contributed by atoms with E-state index < -0.39 is 24.9 Å². The Balaban J connectivity index is 1.73. The molecule has 0 spiro atoms. The SMILES string of the molecule is CN(CCN1CCOCC1)C(=O)C1CC(F)(F)CN1. The maximum atomic E-state index is 13.0. The minimum Gasteiger partial charge on any atom is -0.379 e. The minimum atomic E-state index is -2.76. The molecule has 5 nitrogen and oxygen atoms in total. The largest absolute Gasteiger partial charge is 0.379 e. The summed E-state index contributed by atoms with van der Waals surface area (Å²) >= 11 is 0. The zero-order chi connectivity index (χ0) is 13.9. The molecule has 110 valence electrons. The molecule has 2 rings (SSSR count). The van der Waals surface area contributed by atoms with E-state index in [1.165, 1.54) is 4.90 Å². The van der Waals surface area contributed by atoms with E-state index in [0.29, 0.717) is 19.8 Å². The van der Waals surface area contributed by atoms with Gasteiger partial charge < -0.3 is 9.64 Å². The Morgan fingerprint density at radius 3 is 2.74 bits per heavy atom. The number of morpholine rings is 1. The lowest BCUT2D eigenvalue weighted by Crippen LogP contribution is -2.46. The molecule has 19 heavy (non-hydrogen) atoms. The highest BCUT2D eigenvalue weighted by molar-refractivity contribution is 5.82. The first kappa shape index (κ1) is 14.6. The average Bonchev–Trinajstić information content (AvgIpc) is 2.76. The molecule has 0 aromatic rings. The third-order valence-electron chi connectivity index (χ3n) is 3.64. The molecule has 1 unspecified atom stereocenters. The Bertz CT molecular complexity index is 322. The van der Waals surface area contributed by atoms with Gasteiger partial charge in [-0.05, 0) is 0 Å². The lowest BCUT2D eigenvalue weighted by Gasteiger charge is -2.29. The van der Waals surface area contributed by atoms with Crippen molar-refractivity contribution in [3.05, 3.63) is 0 Å². The van der Waals surface area contributed by atoms with Crippen molar-refractivity contribution >= 4 is 5.91 Å². The Labute approximate surface area is 111 Å². The van der Waals surface area contributed by atoms with Gasteiger partial charge in [0, 0.05) is 39.6 Å². The molecule has 2 aliphatic heterocycles. The third-order valence-corrected chi connectivity index (χ3v) is 3.64. The van der Waals surface area contributed by atoms with E-state index in [4.69, 9.17) is 4.74 Å². The lowest BCUT2D eigenvalue weighted by molar-refractivity contribution is -0.132. The number of carbonyl (C=O) groups is 1. The molecule has 1 N–H and O–H groups in total. The Hall–Kier alpha value is -0.790. The van der Waals surface area contributed by atoms with Crippen LogP contribution in [-0.4, -0.2) is 80.7 Å². The number of hydrogen-bond acceptors (Lipinski definition) is 4. The molecular weight excluding hydrogens is 256 g/mol. The van der Waals surface area contributed by atoms with Gasteiger partial charge in [0.1, 0.15) is 0 Å². The fourth-order valence-electron chi connectivity index (χ4n) is 2.38. The van der Waals surface area contributed by atoms with Gasteiger partial charge >= 0.3 is 0 Å². The topological polar surface area (TPSA) is 44.8 Å². The van der Waals surface area contributed by atoms with Crippen molar-refractivity contribution in [1.82, 2.24) is 15.1 Å². The van der Waals surface area contributed by atoms with E-state index in [1.54, 1.807) is 7.05 Å². The van der Waals surface area contributed by atoms with Crippen LogP contribution in [0.15, 0.2) is 0 Å². The molecule has 0 radical (unpaired) electrons. The number of rotatable bonds is 4. The van der Waals surface area contributed by atoms with Gasteiger partial charge in [0.05, 0.1) is 25.8 Å². The predicted octanol–water partition coefficient (Wildman–Crippen LogP) is -0.226. The second kappa shape index (κ2) is 6.11. The predicted molar refractivity (Wildman–Crippen MR) is 66.3 cm³/mol. The number of hydrogen-bond donors (Lipinski definition) is 1. The van der Waals surface area contributed by atoms with E-state index in [0.717, 1.165) is 19.6 Å². The first-order valence-corrected chi connectivity index (χ1v) is 6.64. The maximum Gasteiger partial charge on any atom is 0.262 e. The van der Waals surface area contributed by atoms with Crippen molar-refractivity contribution in [2.75, 3.05) is 53.0 Å². The third kappa shape index (κ3) is 4.09. The van der Waals surface area contributed by atoms with E-state index in [9.17, 15) is 13.6 Å². The summed E-state index contributed by atoms with van der Waals surface area (Å²) in [4.78, 5) is 15.7. The summed E-state index contributed by atoms with van der Waals surface area (Å²) in [7, 11) is 1.67. The summed E-state index contributed by atoms with van der Waals surface area (Å²) in [6.45, 7) is 4.07. The van der Waals surface area contributed by atoms with Gasteiger partial charge in [-0.2, -0.15) is 0 Å². The summed E-state index contributed by atoms with van der Waals surface area (Å²) in [5.74, 6) is -3.00. The molecule has 0 bridgehead atoms. The van der Waals surface area contributed by atoms with Crippen LogP contribution in [0, 0.1) is 0 Å². The van der Waals surface area contributed by atoms with Crippen LogP contribution in [0.5, 0.6) is 0 Å². The number of carbonyl (C=O) groups excluding carboxylic acids is 1. The zero-order valence-electron chi connectivity index (χ0n) is 11.2. The highest BCUT2D eigenvalue weighted by Crippen LogP contribution is 2.25. The first-order chi connectivity index (χ1) is 8.98. The van der Waals surface area contributed by atoms with Crippen LogP contribution in [0.4, 0.5) is 8.78 Å². The summed E-state index contributed by atoms with van der Waals surface area (Å²) in [6, 6.07) is -0.746. The van der Waals surface area contributed by atoms with E-state index in [-0.39, 0.29) is 5.91 Å². The van der Waals surface area contributed by atoms with Crippen molar-refractivity contribution in [3.63, 3.8) is 0 Å². The number of likely N-dealkylation sites (N-methyl/N-ethyl adjacent to an activating group) is 1. The van der Waals surface area contributed by atoms with Crippen LogP contribution in [-0.2, 0) is 9.53 Å². The molecule has 0 saturated carbocycles. The highest BCUT2D eigenvalue weighted by atomic mass is 19.3. The summed E-state index contributed by atoms with van der Waals surface area (Å²) in [5.41, 5.74) is 0. The first-order valence-electron chi connectivity index (χ1n) is 6.64. The number of nitrogens with one attached hydrogen (secondary N) is 1. The van der Waals surface area contributed by atoms with E-state index in [2.05, 4.69) is 10.2 Å². The molecule has 1 atom stereocenters. The molecule has 2 heterocycles. The Kier molecular flexibility index (Phi) is 4.70. The number of alkyl halides is 2. The molecule has 2 fully saturated rings. The van der Waals surface area contributed by atoms with Crippen LogP contribution in [0.25, 0.3) is 0 Å². The van der Waals surface area contributed by atoms with E-state index >= 15 is 0 Å². The Morgan fingerprint density at radius 1 is 1.47 bits per heavy atom. The number of halogens is 2. The van der Waals surface area contributed by atoms with Crippen LogP contribution in [0.1, 0.15) is 6.42 Å². The van der Waals surface area contributed by atoms with Gasteiger partial charge in [0.2, 0.25) is 5.91 Å². The molecule has 0 aromatic heterocycles. The van der Waals surface area contributed by atoms with Gasteiger partial charge in [0.15, 0.2) is 0 Å². The molecule has 7 heteroatoms. The maximum absolute atomic E-state index is 13.0. The van der Waals surface area contributed by atoms with Crippen molar-refractivity contribution in [2.24, 2.45) is 0 Å². The summed E-state index contributed by atoms with van der Waals surface area (Å²) in [5, 5.41) is 2.59. The Morgan fingerprint density at radius 2 is 2.16 bits per heavy atom. The van der Waals surface area contributed by atoms with Gasteiger partial charge in [-0.15, -0.1) is 0 Å². The van der Waals surface area contributed by atoms with Crippen LogP contribution >= 0.6 is 0 Å². The van der Waals surface area contributed by atoms with Crippen LogP contribution in [0.2, 0.25) is 0 Å². The normalized spacial score (nSPS) is 27.4. The van der Waals surface area contributed by atoms with Gasteiger partial charge in [0.25, 0.3) is 5.92 Å². The standard InChI is InChI=1S/C12H21F2N3O2/c1-16(2-3-17-4-6-19-7-5-17)11(18)10-8-12(13,14)9-15-10/h10,15H,2-9H2,1H3. The minimum absolute atomic E-state index is 0.245. The molecular formula is C12H21F2N3O2. The number of ether oxygens (including phenoxy) is 1. The highest BCUT2D eigenvalue weighted by Gasteiger charge is 2.43. The second-order valence-corrected chi connectivity index (χ2v) is 5.21. The molecule has 2 saturated heterocycles. The number of amides is 1. The fraction of sp³-hybridized carbons (Fsp3) is 0.917. The second-order valence-electron chi connectivity index (χ2n) is 5.21. The van der Waals surface area contributed by atoms with Gasteiger partial charge in [-0.3, -0.25) is 15.0 Å². The molecule has 1 amide bonds. The average molecular weight is 277 g/mol. The monoisotopic (exact) mass is 277 g/mol. The van der Waals surface area contributed by atoms with Crippen LogP contribution in [0.3, 0.4) is 0 Å². The lowest BCUT2D eigenvalue weighted by atomic mass is 10.1. The van der Waals surface area contributed by atoms with Gasteiger partial charge in [-0.1, -0.05) is 0 Å². The van der Waals surface area contributed by atoms with E-state index in [1.807, 2.05) is 0 Å². The van der Waals surface area contributed by atoms with Crippen molar-refractivity contribution in [3.8, 4) is 0 Å². The zero-order valence-corrected chi connectivity index (χ0v) is 11.2. The number of nitrogens with zero attached hydrogens (tertiary/aromatic N) is 2. The van der Waals surface area contributed by atoms with Crippen LogP contribution < -0.4 is 5.32 Å². The molecule has 0 aromatic carbocycles. The van der Waals surface area contributed by atoms with Crippen molar-refractivity contribution < 1.29 is 18.3 Å². The summed E-state index contributed by atoms with van der Waals surface area (Å²) < 4.78 is 31.3. The fourth-order valence-corrected chi connectivity index (χ4v) is 2.38. The quantitative estimate of drug-likeness (QED) is 0.771. The molecule has 0 aliphatic carbocycles.